The van der Waals surface area contributed by atoms with Crippen LogP contribution in [0.4, 0.5) is 0 Å². The lowest BCUT2D eigenvalue weighted by molar-refractivity contribution is 0.113. The quantitative estimate of drug-likeness (QED) is 0.673. The lowest BCUT2D eigenvalue weighted by Gasteiger charge is -2.16. The summed E-state index contributed by atoms with van der Waals surface area (Å²) in [5.74, 6) is 1.29. The first-order chi connectivity index (χ1) is 8.21. The third-order valence-electron chi connectivity index (χ3n) is 2.40. The van der Waals surface area contributed by atoms with Crippen LogP contribution in [0.2, 0.25) is 0 Å². The summed E-state index contributed by atoms with van der Waals surface area (Å²) >= 11 is 1.54. The Hall–Kier alpha value is -0.750. The van der Waals surface area contributed by atoms with Crippen LogP contribution in [0.1, 0.15) is 10.8 Å². The molecule has 96 valence electrons. The average Bonchev–Trinajstić information content (AvgIpc) is 2.39. The molecular formula is C12H19NO3S. The highest BCUT2D eigenvalue weighted by Gasteiger charge is 2.12. The molecular weight excluding hydrogens is 238 g/mol. The van der Waals surface area contributed by atoms with Crippen LogP contribution in [0.15, 0.2) is 24.3 Å². The van der Waals surface area contributed by atoms with Gasteiger partial charge in [0.25, 0.3) is 0 Å². The topological polar surface area (TPSA) is 75.7 Å². The lowest BCUT2D eigenvalue weighted by Crippen LogP contribution is -2.18. The summed E-state index contributed by atoms with van der Waals surface area (Å²) in [4.78, 5) is 0. The van der Waals surface area contributed by atoms with Crippen molar-refractivity contribution in [3.63, 3.8) is 0 Å². The summed E-state index contributed by atoms with van der Waals surface area (Å²) < 4.78 is 5.09. The van der Waals surface area contributed by atoms with Crippen LogP contribution in [0.3, 0.4) is 0 Å². The van der Waals surface area contributed by atoms with Crippen LogP contribution in [0.5, 0.6) is 5.75 Å². The number of benzene rings is 1. The third kappa shape index (κ3) is 4.55. The number of ether oxygens (including phenoxy) is 1. The van der Waals surface area contributed by atoms with E-state index in [0.29, 0.717) is 12.3 Å². The molecule has 4 N–H and O–H groups in total. The normalized spacial score (nSPS) is 14.4. The number of rotatable bonds is 7. The van der Waals surface area contributed by atoms with E-state index < -0.39 is 6.10 Å². The molecule has 17 heavy (non-hydrogen) atoms. The number of aliphatic hydroxyl groups is 2. The fourth-order valence-corrected chi connectivity index (χ4v) is 2.44. The fraction of sp³-hybridized carbons (Fsp3) is 0.500. The van der Waals surface area contributed by atoms with Gasteiger partial charge in [-0.25, -0.2) is 0 Å². The van der Waals surface area contributed by atoms with Crippen LogP contribution < -0.4 is 10.5 Å². The predicted octanol–water partition coefficient (Wildman–Crippen LogP) is 0.781. The van der Waals surface area contributed by atoms with E-state index in [2.05, 4.69) is 0 Å². The average molecular weight is 257 g/mol. The van der Waals surface area contributed by atoms with Crippen molar-refractivity contribution >= 4 is 11.8 Å². The van der Waals surface area contributed by atoms with E-state index in [1.54, 1.807) is 18.9 Å². The van der Waals surface area contributed by atoms with Crippen molar-refractivity contribution in [2.24, 2.45) is 5.73 Å². The molecule has 0 heterocycles. The summed E-state index contributed by atoms with van der Waals surface area (Å²) in [7, 11) is 1.63. The van der Waals surface area contributed by atoms with Gasteiger partial charge in [-0.2, -0.15) is 0 Å². The first kappa shape index (κ1) is 14.3. The molecule has 1 rings (SSSR count). The number of hydrogen-bond acceptors (Lipinski definition) is 5. The molecule has 0 aromatic heterocycles. The van der Waals surface area contributed by atoms with E-state index in [1.807, 2.05) is 24.3 Å². The molecule has 5 heteroatoms. The highest BCUT2D eigenvalue weighted by Crippen LogP contribution is 2.29. The van der Waals surface area contributed by atoms with Crippen molar-refractivity contribution < 1.29 is 14.9 Å². The maximum absolute atomic E-state index is 9.30. The minimum absolute atomic E-state index is 0.127. The van der Waals surface area contributed by atoms with Crippen LogP contribution in [-0.4, -0.2) is 42.3 Å². The Morgan fingerprint density at radius 1 is 1.35 bits per heavy atom. The molecule has 0 fully saturated rings. The molecule has 0 bridgehead atoms. The highest BCUT2D eigenvalue weighted by atomic mass is 32.2. The maximum atomic E-state index is 9.30. The molecule has 1 aromatic rings. The molecule has 0 spiro atoms. The van der Waals surface area contributed by atoms with Crippen LogP contribution in [-0.2, 0) is 0 Å². The summed E-state index contributed by atoms with van der Waals surface area (Å²) in [5, 5.41) is 18.2. The van der Waals surface area contributed by atoms with Gasteiger partial charge < -0.3 is 20.7 Å². The van der Waals surface area contributed by atoms with Gasteiger partial charge in [-0.15, -0.1) is 11.8 Å². The minimum Gasteiger partial charge on any atom is -0.497 e. The molecule has 2 atom stereocenters. The largest absolute Gasteiger partial charge is 0.497 e. The standard InChI is InChI=1S/C12H19NO3S/c1-16-11-4-2-9(3-5-11)12(6-13)17-8-10(15)7-14/h2-5,10,12,14-15H,6-8,13H2,1H3. The van der Waals surface area contributed by atoms with Crippen LogP contribution >= 0.6 is 11.8 Å². The first-order valence-electron chi connectivity index (χ1n) is 5.45. The SMILES string of the molecule is COc1ccc(C(CN)SCC(O)CO)cc1. The zero-order chi connectivity index (χ0) is 12.7. The third-order valence-corrected chi connectivity index (χ3v) is 3.85. The van der Waals surface area contributed by atoms with E-state index in [9.17, 15) is 5.11 Å². The van der Waals surface area contributed by atoms with Crippen LogP contribution in [0.25, 0.3) is 0 Å². The second-order valence-corrected chi connectivity index (χ2v) is 4.90. The molecule has 0 radical (unpaired) electrons. The van der Waals surface area contributed by atoms with Gasteiger partial charge in [-0.05, 0) is 17.7 Å². The Morgan fingerprint density at radius 3 is 2.47 bits per heavy atom. The second-order valence-electron chi connectivity index (χ2n) is 3.67. The zero-order valence-corrected chi connectivity index (χ0v) is 10.7. The number of methoxy groups -OCH3 is 1. The molecule has 2 unspecified atom stereocenters. The Balaban J connectivity index is 2.59. The van der Waals surface area contributed by atoms with Crippen molar-refractivity contribution in [2.45, 2.75) is 11.4 Å². The van der Waals surface area contributed by atoms with E-state index in [1.165, 1.54) is 0 Å². The molecule has 0 amide bonds. The van der Waals surface area contributed by atoms with Gasteiger partial charge in [0, 0.05) is 17.5 Å². The van der Waals surface area contributed by atoms with Crippen molar-refractivity contribution in [1.82, 2.24) is 0 Å². The van der Waals surface area contributed by atoms with Gasteiger partial charge >= 0.3 is 0 Å². The number of aliphatic hydroxyl groups excluding tert-OH is 2. The molecule has 0 saturated heterocycles. The molecule has 4 nitrogen and oxygen atoms in total. The Bertz CT molecular complexity index is 318. The number of thioether (sulfide) groups is 1. The highest BCUT2D eigenvalue weighted by molar-refractivity contribution is 7.99. The minimum atomic E-state index is -0.688. The van der Waals surface area contributed by atoms with Crippen molar-refractivity contribution in [1.29, 1.82) is 0 Å². The molecule has 0 saturated carbocycles. The van der Waals surface area contributed by atoms with Crippen LogP contribution in [0, 0.1) is 0 Å². The summed E-state index contributed by atoms with van der Waals surface area (Å²) in [6, 6.07) is 7.71. The summed E-state index contributed by atoms with van der Waals surface area (Å²) in [5.41, 5.74) is 6.81. The van der Waals surface area contributed by atoms with Gasteiger partial charge in [-0.3, -0.25) is 0 Å². The van der Waals surface area contributed by atoms with Crippen molar-refractivity contribution in [3.05, 3.63) is 29.8 Å². The van der Waals surface area contributed by atoms with E-state index >= 15 is 0 Å². The van der Waals surface area contributed by atoms with E-state index in [-0.39, 0.29) is 11.9 Å². The summed E-state index contributed by atoms with van der Waals surface area (Å²) in [6.07, 6.45) is -0.688. The van der Waals surface area contributed by atoms with Gasteiger partial charge in [0.2, 0.25) is 0 Å². The van der Waals surface area contributed by atoms with Gasteiger partial charge in [0.05, 0.1) is 19.8 Å². The fourth-order valence-electron chi connectivity index (χ4n) is 1.40. The number of nitrogens with two attached hydrogens (primary N) is 1. The maximum Gasteiger partial charge on any atom is 0.118 e. The van der Waals surface area contributed by atoms with Crippen molar-refractivity contribution in [2.75, 3.05) is 26.0 Å². The smallest absolute Gasteiger partial charge is 0.118 e. The Labute approximate surface area is 106 Å². The monoisotopic (exact) mass is 257 g/mol. The molecule has 0 aliphatic rings. The predicted molar refractivity (Wildman–Crippen MR) is 70.3 cm³/mol. The first-order valence-corrected chi connectivity index (χ1v) is 6.50. The second kappa shape index (κ2) is 7.55. The van der Waals surface area contributed by atoms with E-state index in [4.69, 9.17) is 15.6 Å². The van der Waals surface area contributed by atoms with Gasteiger partial charge in [0.1, 0.15) is 5.75 Å². The van der Waals surface area contributed by atoms with Crippen molar-refractivity contribution in [3.8, 4) is 5.75 Å². The number of hydrogen-bond donors (Lipinski definition) is 3. The molecule has 0 aliphatic heterocycles. The van der Waals surface area contributed by atoms with Gasteiger partial charge in [-0.1, -0.05) is 12.1 Å². The Morgan fingerprint density at radius 2 is 2.00 bits per heavy atom. The van der Waals surface area contributed by atoms with E-state index in [0.717, 1.165) is 11.3 Å². The molecule has 1 aromatic carbocycles. The van der Waals surface area contributed by atoms with Gasteiger partial charge in [0.15, 0.2) is 0 Å². The lowest BCUT2D eigenvalue weighted by atomic mass is 10.1. The Kier molecular flexibility index (Phi) is 6.36. The summed E-state index contributed by atoms with van der Waals surface area (Å²) in [6.45, 7) is 0.280. The molecule has 0 aliphatic carbocycles. The zero-order valence-electron chi connectivity index (χ0n) is 9.87.